The van der Waals surface area contributed by atoms with E-state index in [0.717, 1.165) is 25.5 Å². The van der Waals surface area contributed by atoms with Gasteiger partial charge in [0.1, 0.15) is 12.1 Å². The molecule has 0 aromatic heterocycles. The zero-order valence-corrected chi connectivity index (χ0v) is 12.9. The van der Waals surface area contributed by atoms with E-state index in [1.54, 1.807) is 6.92 Å². The van der Waals surface area contributed by atoms with Crippen molar-refractivity contribution in [3.05, 3.63) is 0 Å². The summed E-state index contributed by atoms with van der Waals surface area (Å²) in [4.78, 5) is 34.5. The molecule has 1 aliphatic rings. The van der Waals surface area contributed by atoms with Gasteiger partial charge in [-0.25, -0.2) is 0 Å². The monoisotopic (exact) mass is 282 g/mol. The lowest BCUT2D eigenvalue weighted by atomic mass is 9.63. The number of Topliss-reactive ketones (excluding diaryl/α,β-unsaturated/α-hetero) is 1. The van der Waals surface area contributed by atoms with Gasteiger partial charge in [0, 0.05) is 12.3 Å². The molecule has 0 spiro atoms. The maximum absolute atomic E-state index is 11.7. The van der Waals surface area contributed by atoms with Gasteiger partial charge in [0.15, 0.2) is 0 Å². The lowest BCUT2D eigenvalue weighted by Gasteiger charge is -2.41. The van der Waals surface area contributed by atoms with E-state index in [0.29, 0.717) is 12.3 Å². The molecule has 0 aromatic rings. The third-order valence-electron chi connectivity index (χ3n) is 4.88. The SMILES string of the molecule is COC(=O)[C@H](C)[C@@H]1CC[C@@H](C)[C@H](CCC(C)=O)C1C=O. The van der Waals surface area contributed by atoms with E-state index < -0.39 is 0 Å². The van der Waals surface area contributed by atoms with Crippen LogP contribution in [0.2, 0.25) is 0 Å². The first kappa shape index (κ1) is 16.9. The molecule has 20 heavy (non-hydrogen) atoms. The summed E-state index contributed by atoms with van der Waals surface area (Å²) in [5.41, 5.74) is 0. The highest BCUT2D eigenvalue weighted by Crippen LogP contribution is 2.43. The van der Waals surface area contributed by atoms with Gasteiger partial charge in [0.05, 0.1) is 13.0 Å². The Morgan fingerprint density at radius 1 is 1.35 bits per heavy atom. The predicted octanol–water partition coefficient (Wildman–Crippen LogP) is 2.64. The highest BCUT2D eigenvalue weighted by molar-refractivity contribution is 5.75. The van der Waals surface area contributed by atoms with E-state index in [1.807, 2.05) is 6.92 Å². The molecule has 0 aliphatic heterocycles. The summed E-state index contributed by atoms with van der Waals surface area (Å²) in [6, 6.07) is 0. The van der Waals surface area contributed by atoms with E-state index in [4.69, 9.17) is 4.74 Å². The maximum atomic E-state index is 11.7. The van der Waals surface area contributed by atoms with Crippen molar-refractivity contribution in [2.24, 2.45) is 29.6 Å². The van der Waals surface area contributed by atoms with E-state index in [1.165, 1.54) is 7.11 Å². The summed E-state index contributed by atoms with van der Waals surface area (Å²) in [5, 5.41) is 0. The molecule has 1 fully saturated rings. The number of carbonyl (C=O) groups excluding carboxylic acids is 3. The number of methoxy groups -OCH3 is 1. The first-order valence-corrected chi connectivity index (χ1v) is 7.44. The Morgan fingerprint density at radius 3 is 2.50 bits per heavy atom. The Morgan fingerprint density at radius 2 is 2.00 bits per heavy atom. The maximum Gasteiger partial charge on any atom is 0.308 e. The minimum atomic E-state index is -0.262. The molecule has 1 unspecified atom stereocenters. The summed E-state index contributed by atoms with van der Waals surface area (Å²) >= 11 is 0. The predicted molar refractivity (Wildman–Crippen MR) is 76.0 cm³/mol. The van der Waals surface area contributed by atoms with Crippen LogP contribution in [0, 0.1) is 29.6 Å². The fourth-order valence-electron chi connectivity index (χ4n) is 3.55. The molecular weight excluding hydrogens is 256 g/mol. The molecule has 0 heterocycles. The van der Waals surface area contributed by atoms with Crippen molar-refractivity contribution < 1.29 is 19.1 Å². The zero-order valence-electron chi connectivity index (χ0n) is 12.9. The Kier molecular flexibility index (Phi) is 6.37. The molecule has 0 amide bonds. The van der Waals surface area contributed by atoms with E-state index >= 15 is 0 Å². The van der Waals surface area contributed by atoms with Crippen LogP contribution in [0.4, 0.5) is 0 Å². The number of hydrogen-bond donors (Lipinski definition) is 0. The van der Waals surface area contributed by atoms with Gasteiger partial charge in [-0.05, 0) is 37.5 Å². The smallest absolute Gasteiger partial charge is 0.308 e. The summed E-state index contributed by atoms with van der Waals surface area (Å²) in [7, 11) is 1.38. The second kappa shape index (κ2) is 7.55. The van der Waals surface area contributed by atoms with Gasteiger partial charge in [-0.2, -0.15) is 0 Å². The van der Waals surface area contributed by atoms with E-state index in [2.05, 4.69) is 6.92 Å². The van der Waals surface area contributed by atoms with Gasteiger partial charge in [-0.15, -0.1) is 0 Å². The van der Waals surface area contributed by atoms with Crippen molar-refractivity contribution in [1.82, 2.24) is 0 Å². The molecule has 4 nitrogen and oxygen atoms in total. The molecule has 0 N–H and O–H groups in total. The van der Waals surface area contributed by atoms with Gasteiger partial charge >= 0.3 is 5.97 Å². The van der Waals surface area contributed by atoms with Crippen LogP contribution in [0.1, 0.15) is 46.5 Å². The lowest BCUT2D eigenvalue weighted by molar-refractivity contribution is -0.149. The second-order valence-electron chi connectivity index (χ2n) is 6.15. The van der Waals surface area contributed by atoms with Crippen molar-refractivity contribution in [3.8, 4) is 0 Å². The van der Waals surface area contributed by atoms with Gasteiger partial charge in [-0.1, -0.05) is 20.3 Å². The van der Waals surface area contributed by atoms with Crippen molar-refractivity contribution in [1.29, 1.82) is 0 Å². The van der Waals surface area contributed by atoms with Crippen LogP contribution in [-0.2, 0) is 19.1 Å². The van der Waals surface area contributed by atoms with Crippen molar-refractivity contribution >= 4 is 18.0 Å². The summed E-state index contributed by atoms with van der Waals surface area (Å²) < 4.78 is 4.81. The van der Waals surface area contributed by atoms with Crippen LogP contribution >= 0.6 is 0 Å². The topological polar surface area (TPSA) is 60.4 Å². The summed E-state index contributed by atoms with van der Waals surface area (Å²) in [6.07, 6.45) is 4.11. The molecule has 0 aromatic carbocycles. The Hall–Kier alpha value is -1.19. The number of rotatable bonds is 6. The molecule has 1 saturated carbocycles. The van der Waals surface area contributed by atoms with E-state index in [-0.39, 0.29) is 35.4 Å². The third kappa shape index (κ3) is 3.90. The van der Waals surface area contributed by atoms with Crippen molar-refractivity contribution in [2.45, 2.75) is 46.5 Å². The molecule has 0 radical (unpaired) electrons. The first-order chi connectivity index (χ1) is 9.42. The number of aldehydes is 1. The first-order valence-electron chi connectivity index (χ1n) is 7.44. The van der Waals surface area contributed by atoms with Crippen LogP contribution < -0.4 is 0 Å². The average Bonchev–Trinajstić information content (AvgIpc) is 2.43. The van der Waals surface area contributed by atoms with Crippen LogP contribution in [0.3, 0.4) is 0 Å². The van der Waals surface area contributed by atoms with E-state index in [9.17, 15) is 14.4 Å². The van der Waals surface area contributed by atoms with Crippen molar-refractivity contribution in [2.75, 3.05) is 7.11 Å². The number of esters is 1. The molecular formula is C16H26O4. The fraction of sp³-hybridized carbons (Fsp3) is 0.812. The van der Waals surface area contributed by atoms with Crippen molar-refractivity contribution in [3.63, 3.8) is 0 Å². The molecule has 114 valence electrons. The highest BCUT2D eigenvalue weighted by Gasteiger charge is 2.41. The molecule has 0 saturated heterocycles. The normalized spacial score (nSPS) is 31.4. The average molecular weight is 282 g/mol. The number of ether oxygens (including phenoxy) is 1. The Balaban J connectivity index is 2.84. The molecule has 1 aliphatic carbocycles. The molecule has 5 atom stereocenters. The summed E-state index contributed by atoms with van der Waals surface area (Å²) in [5.74, 6) is 0.155. The van der Waals surface area contributed by atoms with Crippen LogP contribution in [-0.4, -0.2) is 25.1 Å². The van der Waals surface area contributed by atoms with Crippen LogP contribution in [0.5, 0.6) is 0 Å². The van der Waals surface area contributed by atoms with Crippen LogP contribution in [0.25, 0.3) is 0 Å². The largest absolute Gasteiger partial charge is 0.469 e. The number of carbonyl (C=O) groups is 3. The second-order valence-corrected chi connectivity index (χ2v) is 6.15. The fourth-order valence-corrected chi connectivity index (χ4v) is 3.55. The van der Waals surface area contributed by atoms with Gasteiger partial charge in [-0.3, -0.25) is 4.79 Å². The minimum absolute atomic E-state index is 0.0353. The Bertz CT molecular complexity index is 363. The molecule has 1 rings (SSSR count). The summed E-state index contributed by atoms with van der Waals surface area (Å²) in [6.45, 7) is 5.56. The molecule has 0 bridgehead atoms. The highest BCUT2D eigenvalue weighted by atomic mass is 16.5. The quantitative estimate of drug-likeness (QED) is 0.555. The lowest BCUT2D eigenvalue weighted by Crippen LogP contribution is -2.40. The zero-order chi connectivity index (χ0) is 15.3. The minimum Gasteiger partial charge on any atom is -0.469 e. The van der Waals surface area contributed by atoms with Crippen LogP contribution in [0.15, 0.2) is 0 Å². The van der Waals surface area contributed by atoms with Gasteiger partial charge in [0.2, 0.25) is 0 Å². The number of ketones is 1. The van der Waals surface area contributed by atoms with Gasteiger partial charge in [0.25, 0.3) is 0 Å². The number of hydrogen-bond acceptors (Lipinski definition) is 4. The third-order valence-corrected chi connectivity index (χ3v) is 4.88. The molecule has 4 heteroatoms. The standard InChI is InChI=1S/C16H26O4/c1-10-5-7-14(12(3)16(19)20-4)15(9-17)13(10)8-6-11(2)18/h9-10,12-15H,5-8H2,1-4H3/t10-,12-,13+,14+,15?/m1/s1. The Labute approximate surface area is 121 Å². The van der Waals surface area contributed by atoms with Gasteiger partial charge < -0.3 is 14.3 Å².